The Morgan fingerprint density at radius 2 is 1.52 bits per heavy atom. The largest absolute Gasteiger partial charge is 0.497 e. The summed E-state index contributed by atoms with van der Waals surface area (Å²) < 4.78 is 48.2. The maximum absolute atomic E-state index is 13.7. The van der Waals surface area contributed by atoms with Gasteiger partial charge >= 0.3 is 19.5 Å². The molecular formula is C32H44N5O9PS. The summed E-state index contributed by atoms with van der Waals surface area (Å²) >= 11 is 1.40. The van der Waals surface area contributed by atoms with Crippen LogP contribution in [0.15, 0.2) is 40.5 Å². The van der Waals surface area contributed by atoms with Crippen LogP contribution in [0.3, 0.4) is 0 Å². The summed E-state index contributed by atoms with van der Waals surface area (Å²) in [6, 6.07) is 7.54. The Morgan fingerprint density at radius 3 is 2.08 bits per heavy atom. The van der Waals surface area contributed by atoms with Gasteiger partial charge in [0.15, 0.2) is 5.65 Å². The number of hydrogen-bond acceptors (Lipinski definition) is 14. The van der Waals surface area contributed by atoms with E-state index in [1.54, 1.807) is 24.9 Å². The average molecular weight is 706 g/mol. The number of nitrogen functional groups attached to an aromatic ring is 1. The second-order valence-corrected chi connectivity index (χ2v) is 15.1. The van der Waals surface area contributed by atoms with Crippen molar-refractivity contribution in [2.24, 2.45) is 11.8 Å². The van der Waals surface area contributed by atoms with Gasteiger partial charge in [-0.25, -0.2) is 9.97 Å². The zero-order chi connectivity index (χ0) is 33.9. The van der Waals surface area contributed by atoms with Gasteiger partial charge in [-0.2, -0.15) is 4.98 Å². The van der Waals surface area contributed by atoms with E-state index < -0.39 is 45.6 Å². The number of esters is 2. The zero-order valence-corrected chi connectivity index (χ0v) is 29.1. The van der Waals surface area contributed by atoms with Crippen LogP contribution in [0.5, 0.6) is 5.75 Å². The Bertz CT molecular complexity index is 1520. The van der Waals surface area contributed by atoms with E-state index in [1.807, 2.05) is 24.3 Å². The van der Waals surface area contributed by atoms with Crippen LogP contribution in [0.4, 0.5) is 5.95 Å². The van der Waals surface area contributed by atoms with Gasteiger partial charge in [-0.1, -0.05) is 50.3 Å². The number of nitrogens with two attached hydrogens (primary N) is 1. The first-order chi connectivity index (χ1) is 23.2. The lowest BCUT2D eigenvalue weighted by atomic mass is 9.89. The monoisotopic (exact) mass is 705 g/mol. The third kappa shape index (κ3) is 10.1. The molecule has 2 saturated carbocycles. The van der Waals surface area contributed by atoms with Gasteiger partial charge < -0.3 is 29.2 Å². The van der Waals surface area contributed by atoms with Crippen molar-refractivity contribution in [3.63, 3.8) is 0 Å². The highest BCUT2D eigenvalue weighted by atomic mass is 32.2. The quantitative estimate of drug-likeness (QED) is 0.0758. The molecule has 2 aliphatic carbocycles. The molecule has 262 valence electrons. The minimum atomic E-state index is -4.02. The van der Waals surface area contributed by atoms with Crippen LogP contribution >= 0.6 is 19.4 Å². The summed E-state index contributed by atoms with van der Waals surface area (Å²) in [5, 5.41) is 0.590. The number of fused-ring (bicyclic) bond motifs is 1. The average Bonchev–Trinajstić information content (AvgIpc) is 3.50. The van der Waals surface area contributed by atoms with E-state index in [0.29, 0.717) is 16.2 Å². The van der Waals surface area contributed by atoms with Crippen LogP contribution in [0.2, 0.25) is 0 Å². The SMILES string of the molecule is COc1ccc(Sc2nc(N)nc3c2ncn3CC(C)OCP(=O)(OCOC(=O)C2CCCCC2)OCOC(=O)C2CCCCC2)cc1. The first-order valence-electron chi connectivity index (χ1n) is 16.4. The third-order valence-corrected chi connectivity index (χ3v) is 10.9. The smallest absolute Gasteiger partial charge is 0.361 e. The number of nitrogens with zero attached hydrogens (tertiary/aromatic N) is 4. The van der Waals surface area contributed by atoms with Gasteiger partial charge in [-0.05, 0) is 56.9 Å². The number of methoxy groups -OCH3 is 1. The maximum atomic E-state index is 13.7. The minimum absolute atomic E-state index is 0.0886. The van der Waals surface area contributed by atoms with Gasteiger partial charge in [0, 0.05) is 4.90 Å². The van der Waals surface area contributed by atoms with Crippen molar-refractivity contribution in [3.8, 4) is 5.75 Å². The molecule has 2 aromatic heterocycles. The molecule has 0 bridgehead atoms. The summed E-state index contributed by atoms with van der Waals surface area (Å²) in [5.41, 5.74) is 7.13. The number of benzene rings is 1. The Morgan fingerprint density at radius 1 is 0.938 bits per heavy atom. The lowest BCUT2D eigenvalue weighted by molar-refractivity contribution is -0.158. The van der Waals surface area contributed by atoms with Gasteiger partial charge in [0.25, 0.3) is 0 Å². The molecule has 0 spiro atoms. The van der Waals surface area contributed by atoms with Gasteiger partial charge in [0.05, 0.1) is 37.9 Å². The van der Waals surface area contributed by atoms with Crippen molar-refractivity contribution in [3.05, 3.63) is 30.6 Å². The van der Waals surface area contributed by atoms with E-state index in [1.165, 1.54) is 11.8 Å². The van der Waals surface area contributed by atoms with Crippen molar-refractivity contribution in [2.75, 3.05) is 32.8 Å². The van der Waals surface area contributed by atoms with Gasteiger partial charge in [0.2, 0.25) is 19.5 Å². The zero-order valence-electron chi connectivity index (χ0n) is 27.4. The number of anilines is 1. The van der Waals surface area contributed by atoms with Crippen LogP contribution in [0.1, 0.15) is 71.1 Å². The Balaban J connectivity index is 1.20. The topological polar surface area (TPSA) is 176 Å². The number of carbonyl (C=O) groups is 2. The molecule has 48 heavy (non-hydrogen) atoms. The highest BCUT2D eigenvalue weighted by Gasteiger charge is 2.31. The van der Waals surface area contributed by atoms with Gasteiger partial charge in [0.1, 0.15) is 22.6 Å². The van der Waals surface area contributed by atoms with Crippen molar-refractivity contribution in [1.29, 1.82) is 0 Å². The molecule has 2 fully saturated rings. The molecular weight excluding hydrogens is 661 g/mol. The van der Waals surface area contributed by atoms with E-state index in [2.05, 4.69) is 15.0 Å². The fourth-order valence-corrected chi connectivity index (χ4v) is 7.76. The minimum Gasteiger partial charge on any atom is -0.497 e. The fourth-order valence-electron chi connectivity index (χ4n) is 5.80. The van der Waals surface area contributed by atoms with E-state index in [4.69, 9.17) is 33.7 Å². The molecule has 0 aliphatic heterocycles. The van der Waals surface area contributed by atoms with Crippen molar-refractivity contribution in [1.82, 2.24) is 19.5 Å². The molecule has 1 aromatic carbocycles. The molecule has 2 aliphatic rings. The number of imidazole rings is 1. The summed E-state index contributed by atoms with van der Waals surface area (Å²) in [6.07, 6.45) is 9.69. The predicted octanol–water partition coefficient (Wildman–Crippen LogP) is 6.32. The fraction of sp³-hybridized carbons (Fsp3) is 0.594. The number of carbonyl (C=O) groups excluding carboxylic acids is 2. The van der Waals surface area contributed by atoms with Gasteiger partial charge in [-0.3, -0.25) is 23.2 Å². The standard InChI is InChI=1S/C32H44N5O9PS/c1-22(17-37-18-34-27-28(37)35-32(33)36-29(27)48-26-15-13-25(41-2)14-16-26)44-21-47(40,45-19-42-30(38)23-9-5-3-6-10-23)46-20-43-31(39)24-11-7-4-8-12-24/h13-16,18,22-24H,3-12,17,19-21H2,1-2H3,(H2,33,35,36). The lowest BCUT2D eigenvalue weighted by Gasteiger charge is -2.23. The van der Waals surface area contributed by atoms with Crippen LogP contribution in [0, 0.1) is 11.8 Å². The number of hydrogen-bond donors (Lipinski definition) is 1. The van der Waals surface area contributed by atoms with Crippen LogP contribution < -0.4 is 10.5 Å². The highest BCUT2D eigenvalue weighted by molar-refractivity contribution is 7.99. The molecule has 0 saturated heterocycles. The van der Waals surface area contributed by atoms with Crippen molar-refractivity contribution < 1.29 is 42.1 Å². The van der Waals surface area contributed by atoms with Crippen LogP contribution in [0.25, 0.3) is 11.2 Å². The molecule has 2 heterocycles. The van der Waals surface area contributed by atoms with Crippen LogP contribution in [-0.2, 0) is 44.0 Å². The Hall–Kier alpha value is -3.23. The molecule has 1 unspecified atom stereocenters. The number of ether oxygens (including phenoxy) is 4. The molecule has 0 radical (unpaired) electrons. The Labute approximate surface area is 284 Å². The second-order valence-electron chi connectivity index (χ2n) is 12.0. The summed E-state index contributed by atoms with van der Waals surface area (Å²) in [5.74, 6) is -0.354. The molecule has 2 N–H and O–H groups in total. The van der Waals surface area contributed by atoms with E-state index in [-0.39, 0.29) is 24.3 Å². The summed E-state index contributed by atoms with van der Waals surface area (Å²) in [7, 11) is -2.42. The molecule has 0 amide bonds. The first-order valence-corrected chi connectivity index (χ1v) is 18.9. The van der Waals surface area contributed by atoms with Crippen molar-refractivity contribution >= 4 is 48.4 Å². The van der Waals surface area contributed by atoms with E-state index in [0.717, 1.165) is 74.9 Å². The molecule has 14 nitrogen and oxygen atoms in total. The summed E-state index contributed by atoms with van der Waals surface area (Å²) in [6.45, 7) is 0.905. The Kier molecular flexibility index (Phi) is 13.1. The first kappa shape index (κ1) is 36.1. The molecule has 16 heteroatoms. The predicted molar refractivity (Wildman–Crippen MR) is 177 cm³/mol. The van der Waals surface area contributed by atoms with E-state index in [9.17, 15) is 14.2 Å². The van der Waals surface area contributed by atoms with Crippen LogP contribution in [-0.4, -0.2) is 64.6 Å². The maximum Gasteiger partial charge on any atom is 0.361 e. The normalized spacial score (nSPS) is 16.9. The highest BCUT2D eigenvalue weighted by Crippen LogP contribution is 2.48. The number of rotatable bonds is 16. The molecule has 1 atom stereocenters. The second kappa shape index (κ2) is 17.4. The molecule has 5 rings (SSSR count). The number of aromatic nitrogens is 4. The summed E-state index contributed by atoms with van der Waals surface area (Å²) in [4.78, 5) is 39.3. The van der Waals surface area contributed by atoms with E-state index >= 15 is 0 Å². The molecule has 3 aromatic rings. The van der Waals surface area contributed by atoms with Gasteiger partial charge in [-0.15, -0.1) is 0 Å². The third-order valence-electron chi connectivity index (χ3n) is 8.47. The van der Waals surface area contributed by atoms with Crippen molar-refractivity contribution in [2.45, 2.75) is 93.7 Å². The lowest BCUT2D eigenvalue weighted by Crippen LogP contribution is -2.23.